The highest BCUT2D eigenvalue weighted by Crippen LogP contribution is 2.20. The number of carbonyl (C=O) groups is 1. The topological polar surface area (TPSA) is 84.3 Å². The number of nitrogens with one attached hydrogen (secondary N) is 2. The monoisotopic (exact) mass is 307 g/mol. The summed E-state index contributed by atoms with van der Waals surface area (Å²) in [5, 5.41) is 16.5. The van der Waals surface area contributed by atoms with Gasteiger partial charge < -0.3 is 10.6 Å². The van der Waals surface area contributed by atoms with Gasteiger partial charge >= 0.3 is 0 Å². The molecule has 0 spiro atoms. The van der Waals surface area contributed by atoms with E-state index in [2.05, 4.69) is 10.6 Å². The molecule has 0 fully saturated rings. The van der Waals surface area contributed by atoms with Gasteiger partial charge in [-0.15, -0.1) is 12.4 Å². The third-order valence-corrected chi connectivity index (χ3v) is 2.41. The van der Waals surface area contributed by atoms with E-state index in [0.717, 1.165) is 6.54 Å². The van der Waals surface area contributed by atoms with E-state index >= 15 is 0 Å². The quantitative estimate of drug-likeness (QED) is 0.478. The number of halogens is 2. The van der Waals surface area contributed by atoms with Crippen LogP contribution in [0.5, 0.6) is 0 Å². The molecule has 1 amide bonds. The van der Waals surface area contributed by atoms with Gasteiger partial charge in [-0.3, -0.25) is 14.9 Å². The summed E-state index contributed by atoms with van der Waals surface area (Å²) in [4.78, 5) is 21.8. The molecule has 1 aromatic rings. The van der Waals surface area contributed by atoms with E-state index in [0.29, 0.717) is 13.1 Å². The lowest BCUT2D eigenvalue weighted by atomic mass is 10.2. The number of amides is 1. The lowest BCUT2D eigenvalue weighted by Crippen LogP contribution is -2.31. The third kappa shape index (κ3) is 5.87. The van der Waals surface area contributed by atoms with Crippen LogP contribution in [0.4, 0.5) is 5.69 Å². The van der Waals surface area contributed by atoms with Crippen molar-refractivity contribution in [2.45, 2.75) is 6.92 Å². The lowest BCUT2D eigenvalue weighted by molar-refractivity contribution is -0.384. The maximum atomic E-state index is 11.7. The first kappa shape index (κ1) is 17.6. The molecular weight excluding hydrogens is 293 g/mol. The molecule has 0 heterocycles. The van der Waals surface area contributed by atoms with Crippen LogP contribution in [0.2, 0.25) is 5.02 Å². The molecule has 0 saturated carbocycles. The van der Waals surface area contributed by atoms with Gasteiger partial charge in [0.2, 0.25) is 0 Å². The van der Waals surface area contributed by atoms with Crippen molar-refractivity contribution in [2.75, 3.05) is 19.6 Å². The van der Waals surface area contributed by atoms with Crippen molar-refractivity contribution in [1.29, 1.82) is 0 Å². The molecule has 0 aliphatic heterocycles. The first-order valence-electron chi connectivity index (χ1n) is 5.48. The molecule has 0 bridgehead atoms. The zero-order valence-corrected chi connectivity index (χ0v) is 11.9. The number of non-ortho nitro benzene ring substituents is 1. The summed E-state index contributed by atoms with van der Waals surface area (Å²) in [6.45, 7) is 3.87. The van der Waals surface area contributed by atoms with Crippen molar-refractivity contribution in [1.82, 2.24) is 10.6 Å². The van der Waals surface area contributed by atoms with E-state index in [1.165, 1.54) is 18.2 Å². The van der Waals surface area contributed by atoms with Gasteiger partial charge in [-0.05, 0) is 12.6 Å². The summed E-state index contributed by atoms with van der Waals surface area (Å²) in [5.74, 6) is -0.376. The van der Waals surface area contributed by atoms with Gasteiger partial charge in [0.05, 0.1) is 4.92 Å². The van der Waals surface area contributed by atoms with E-state index < -0.39 is 4.92 Å². The molecule has 2 N–H and O–H groups in total. The molecular formula is C11H15Cl2N3O3. The summed E-state index contributed by atoms with van der Waals surface area (Å²) < 4.78 is 0. The Kier molecular flexibility index (Phi) is 8.06. The standard InChI is InChI=1S/C11H14ClN3O3.ClH/c1-2-13-3-4-14-11(16)8-5-9(12)7-10(6-8)15(17)18;/h5-7,13H,2-4H2,1H3,(H,14,16);1H. The molecule has 0 unspecified atom stereocenters. The van der Waals surface area contributed by atoms with Gasteiger partial charge in [0.1, 0.15) is 0 Å². The first-order chi connectivity index (χ1) is 8.54. The maximum absolute atomic E-state index is 11.7. The number of nitrogens with zero attached hydrogens (tertiary/aromatic N) is 1. The minimum atomic E-state index is -0.582. The first-order valence-corrected chi connectivity index (χ1v) is 5.86. The Morgan fingerprint density at radius 2 is 2.05 bits per heavy atom. The fourth-order valence-electron chi connectivity index (χ4n) is 1.35. The smallest absolute Gasteiger partial charge is 0.271 e. The number of nitro benzene ring substituents is 1. The average molecular weight is 308 g/mol. The molecule has 0 atom stereocenters. The zero-order valence-electron chi connectivity index (χ0n) is 10.3. The highest BCUT2D eigenvalue weighted by Gasteiger charge is 2.13. The molecule has 6 nitrogen and oxygen atoms in total. The molecule has 19 heavy (non-hydrogen) atoms. The Bertz CT molecular complexity index is 455. The van der Waals surface area contributed by atoms with Crippen LogP contribution >= 0.6 is 24.0 Å². The van der Waals surface area contributed by atoms with Crippen LogP contribution < -0.4 is 10.6 Å². The number of rotatable bonds is 6. The minimum Gasteiger partial charge on any atom is -0.351 e. The van der Waals surface area contributed by atoms with Crippen molar-refractivity contribution >= 4 is 35.6 Å². The van der Waals surface area contributed by atoms with Crippen LogP contribution in [0.1, 0.15) is 17.3 Å². The summed E-state index contributed by atoms with van der Waals surface area (Å²) in [6, 6.07) is 3.81. The second-order valence-corrected chi connectivity index (χ2v) is 4.00. The van der Waals surface area contributed by atoms with Crippen LogP contribution in [0.25, 0.3) is 0 Å². The van der Waals surface area contributed by atoms with E-state index in [-0.39, 0.29) is 34.6 Å². The fraction of sp³-hybridized carbons (Fsp3) is 0.364. The van der Waals surface area contributed by atoms with E-state index in [4.69, 9.17) is 11.6 Å². The number of hydrogen-bond acceptors (Lipinski definition) is 4. The Labute approximate surface area is 122 Å². The van der Waals surface area contributed by atoms with Crippen LogP contribution in [0.3, 0.4) is 0 Å². The van der Waals surface area contributed by atoms with Gasteiger partial charge in [-0.25, -0.2) is 0 Å². The summed E-state index contributed by atoms with van der Waals surface area (Å²) >= 11 is 5.73. The summed E-state index contributed by atoms with van der Waals surface area (Å²) in [6.07, 6.45) is 0. The van der Waals surface area contributed by atoms with E-state index in [1.807, 2.05) is 6.92 Å². The molecule has 106 valence electrons. The SMILES string of the molecule is CCNCCNC(=O)c1cc(Cl)cc([N+](=O)[O-])c1.Cl. The highest BCUT2D eigenvalue weighted by atomic mass is 35.5. The number of nitro groups is 1. The van der Waals surface area contributed by atoms with Crippen molar-refractivity contribution in [2.24, 2.45) is 0 Å². The summed E-state index contributed by atoms with van der Waals surface area (Å²) in [7, 11) is 0. The molecule has 0 aliphatic rings. The van der Waals surface area contributed by atoms with Crippen molar-refractivity contribution in [3.63, 3.8) is 0 Å². The van der Waals surface area contributed by atoms with Gasteiger partial charge in [-0.1, -0.05) is 18.5 Å². The number of carbonyl (C=O) groups excluding carboxylic acids is 1. The van der Waals surface area contributed by atoms with Crippen LogP contribution in [0, 0.1) is 10.1 Å². The summed E-state index contributed by atoms with van der Waals surface area (Å²) in [5.41, 5.74) is -0.00923. The minimum absolute atomic E-state index is 0. The molecule has 0 saturated heterocycles. The van der Waals surface area contributed by atoms with Crippen molar-refractivity contribution in [3.8, 4) is 0 Å². The van der Waals surface area contributed by atoms with E-state index in [9.17, 15) is 14.9 Å². The maximum Gasteiger partial charge on any atom is 0.271 e. The average Bonchev–Trinajstić information content (AvgIpc) is 2.33. The predicted molar refractivity (Wildman–Crippen MR) is 76.2 cm³/mol. The molecule has 0 aromatic heterocycles. The van der Waals surface area contributed by atoms with Gasteiger partial charge in [0.15, 0.2) is 0 Å². The van der Waals surface area contributed by atoms with Gasteiger partial charge in [-0.2, -0.15) is 0 Å². The number of hydrogen-bond donors (Lipinski definition) is 2. The Morgan fingerprint density at radius 3 is 2.63 bits per heavy atom. The third-order valence-electron chi connectivity index (χ3n) is 2.19. The molecule has 0 aliphatic carbocycles. The lowest BCUT2D eigenvalue weighted by Gasteiger charge is -2.06. The second kappa shape index (κ2) is 8.68. The molecule has 1 rings (SSSR count). The zero-order chi connectivity index (χ0) is 13.5. The van der Waals surface area contributed by atoms with Crippen LogP contribution in [-0.2, 0) is 0 Å². The fourth-order valence-corrected chi connectivity index (χ4v) is 1.58. The Hall–Kier alpha value is -1.37. The molecule has 8 heteroatoms. The largest absolute Gasteiger partial charge is 0.351 e. The molecule has 1 aromatic carbocycles. The Balaban J connectivity index is 0.00000324. The predicted octanol–water partition coefficient (Wildman–Crippen LogP) is 2.01. The highest BCUT2D eigenvalue weighted by molar-refractivity contribution is 6.31. The van der Waals surface area contributed by atoms with Crippen LogP contribution in [0.15, 0.2) is 18.2 Å². The molecule has 0 radical (unpaired) electrons. The van der Waals surface area contributed by atoms with Gasteiger partial charge in [0, 0.05) is 35.8 Å². The number of likely N-dealkylation sites (N-methyl/N-ethyl adjacent to an activating group) is 1. The van der Waals surface area contributed by atoms with Crippen LogP contribution in [-0.4, -0.2) is 30.5 Å². The number of benzene rings is 1. The normalized spacial score (nSPS) is 9.58. The van der Waals surface area contributed by atoms with Crippen molar-refractivity contribution < 1.29 is 9.72 Å². The Morgan fingerprint density at radius 1 is 1.37 bits per heavy atom. The van der Waals surface area contributed by atoms with Gasteiger partial charge in [0.25, 0.3) is 11.6 Å². The van der Waals surface area contributed by atoms with E-state index in [1.54, 1.807) is 0 Å². The van der Waals surface area contributed by atoms with Crippen molar-refractivity contribution in [3.05, 3.63) is 38.9 Å². The second-order valence-electron chi connectivity index (χ2n) is 3.56.